The standard InChI is InChI=1S/C13H13BrN2S/c1-9-11-5-7-17-12(11)4-6-16(9)13-3-2-10(14)8-15-13/h2-3,5,7-9H,4,6H2,1H3. The van der Waals surface area contributed by atoms with Gasteiger partial charge in [0.15, 0.2) is 0 Å². The lowest BCUT2D eigenvalue weighted by atomic mass is 10.0. The summed E-state index contributed by atoms with van der Waals surface area (Å²) in [6, 6.07) is 6.81. The van der Waals surface area contributed by atoms with E-state index in [0.29, 0.717) is 6.04 Å². The van der Waals surface area contributed by atoms with E-state index in [1.807, 2.05) is 17.5 Å². The third-order valence-electron chi connectivity index (χ3n) is 3.28. The summed E-state index contributed by atoms with van der Waals surface area (Å²) in [5, 5.41) is 2.19. The topological polar surface area (TPSA) is 16.1 Å². The van der Waals surface area contributed by atoms with Crippen LogP contribution in [-0.4, -0.2) is 11.5 Å². The van der Waals surface area contributed by atoms with Gasteiger partial charge < -0.3 is 4.90 Å². The molecule has 1 unspecified atom stereocenters. The lowest BCUT2D eigenvalue weighted by molar-refractivity contribution is 0.625. The van der Waals surface area contributed by atoms with E-state index in [2.05, 4.69) is 56.3 Å². The maximum Gasteiger partial charge on any atom is 0.129 e. The molecule has 0 radical (unpaired) electrons. The number of anilines is 1. The summed E-state index contributed by atoms with van der Waals surface area (Å²) >= 11 is 5.30. The molecule has 0 aromatic carbocycles. The van der Waals surface area contributed by atoms with Gasteiger partial charge in [-0.15, -0.1) is 11.3 Å². The quantitative estimate of drug-likeness (QED) is 0.790. The first-order chi connectivity index (χ1) is 8.25. The van der Waals surface area contributed by atoms with E-state index < -0.39 is 0 Å². The number of hydrogen-bond acceptors (Lipinski definition) is 3. The molecule has 3 heterocycles. The van der Waals surface area contributed by atoms with E-state index in [1.54, 1.807) is 0 Å². The summed E-state index contributed by atoms with van der Waals surface area (Å²) in [5.41, 5.74) is 1.46. The van der Waals surface area contributed by atoms with Crippen LogP contribution in [0.25, 0.3) is 0 Å². The molecule has 17 heavy (non-hydrogen) atoms. The van der Waals surface area contributed by atoms with E-state index in [1.165, 1.54) is 10.4 Å². The van der Waals surface area contributed by atoms with Gasteiger partial charge in [-0.25, -0.2) is 4.98 Å². The molecule has 2 aromatic heterocycles. The van der Waals surface area contributed by atoms with Crippen LogP contribution in [-0.2, 0) is 6.42 Å². The van der Waals surface area contributed by atoms with Crippen LogP contribution in [0.1, 0.15) is 23.4 Å². The van der Waals surface area contributed by atoms with Crippen LogP contribution in [0.5, 0.6) is 0 Å². The number of nitrogens with zero attached hydrogens (tertiary/aromatic N) is 2. The number of pyridine rings is 1. The molecule has 1 atom stereocenters. The largest absolute Gasteiger partial charge is 0.349 e. The van der Waals surface area contributed by atoms with Crippen LogP contribution in [0, 0.1) is 0 Å². The second-order valence-electron chi connectivity index (χ2n) is 4.25. The smallest absolute Gasteiger partial charge is 0.129 e. The fraction of sp³-hybridized carbons (Fsp3) is 0.308. The van der Waals surface area contributed by atoms with Gasteiger partial charge in [0.2, 0.25) is 0 Å². The zero-order valence-electron chi connectivity index (χ0n) is 9.56. The average molecular weight is 309 g/mol. The Bertz CT molecular complexity index is 520. The van der Waals surface area contributed by atoms with E-state index in [4.69, 9.17) is 0 Å². The van der Waals surface area contributed by atoms with Crippen LogP contribution in [0.3, 0.4) is 0 Å². The Labute approximate surface area is 113 Å². The number of aromatic nitrogens is 1. The fourth-order valence-corrected chi connectivity index (χ4v) is 3.56. The van der Waals surface area contributed by atoms with Gasteiger partial charge in [0.25, 0.3) is 0 Å². The van der Waals surface area contributed by atoms with Crippen LogP contribution >= 0.6 is 27.3 Å². The second-order valence-corrected chi connectivity index (χ2v) is 6.17. The molecule has 88 valence electrons. The van der Waals surface area contributed by atoms with Gasteiger partial charge >= 0.3 is 0 Å². The molecular weight excluding hydrogens is 296 g/mol. The molecule has 4 heteroatoms. The number of fused-ring (bicyclic) bond motifs is 1. The van der Waals surface area contributed by atoms with E-state index >= 15 is 0 Å². The van der Waals surface area contributed by atoms with Gasteiger partial charge in [-0.2, -0.15) is 0 Å². The summed E-state index contributed by atoms with van der Waals surface area (Å²) in [6.45, 7) is 3.32. The molecular formula is C13H13BrN2S. The summed E-state index contributed by atoms with van der Waals surface area (Å²) in [7, 11) is 0. The Balaban J connectivity index is 1.93. The normalized spacial score (nSPS) is 19.2. The van der Waals surface area contributed by atoms with Crippen molar-refractivity contribution < 1.29 is 0 Å². The van der Waals surface area contributed by atoms with Gasteiger partial charge in [0, 0.05) is 22.1 Å². The minimum absolute atomic E-state index is 0.429. The molecule has 0 saturated heterocycles. The average Bonchev–Trinajstić information content (AvgIpc) is 2.80. The molecule has 2 nitrogen and oxygen atoms in total. The van der Waals surface area contributed by atoms with Crippen molar-refractivity contribution in [2.45, 2.75) is 19.4 Å². The van der Waals surface area contributed by atoms with E-state index in [9.17, 15) is 0 Å². The highest BCUT2D eigenvalue weighted by Gasteiger charge is 2.25. The summed E-state index contributed by atoms with van der Waals surface area (Å²) in [6.07, 6.45) is 3.00. The Morgan fingerprint density at radius 1 is 1.41 bits per heavy atom. The van der Waals surface area contributed by atoms with Crippen molar-refractivity contribution in [3.8, 4) is 0 Å². The van der Waals surface area contributed by atoms with E-state index in [-0.39, 0.29) is 0 Å². The Morgan fingerprint density at radius 3 is 3.06 bits per heavy atom. The fourth-order valence-electron chi connectivity index (χ4n) is 2.36. The Hall–Kier alpha value is -0.870. The first-order valence-electron chi connectivity index (χ1n) is 5.70. The zero-order valence-corrected chi connectivity index (χ0v) is 12.0. The maximum absolute atomic E-state index is 4.49. The van der Waals surface area contributed by atoms with Crippen LogP contribution in [0.2, 0.25) is 0 Å². The molecule has 0 N–H and O–H groups in total. The summed E-state index contributed by atoms with van der Waals surface area (Å²) in [5.74, 6) is 1.07. The molecule has 0 aliphatic carbocycles. The third-order valence-corrected chi connectivity index (χ3v) is 4.75. The SMILES string of the molecule is CC1c2ccsc2CCN1c1ccc(Br)cn1. The lowest BCUT2D eigenvalue weighted by Gasteiger charge is -2.34. The summed E-state index contributed by atoms with van der Waals surface area (Å²) < 4.78 is 1.03. The lowest BCUT2D eigenvalue weighted by Crippen LogP contribution is -2.33. The number of thiophene rings is 1. The van der Waals surface area contributed by atoms with Crippen LogP contribution in [0.4, 0.5) is 5.82 Å². The predicted molar refractivity (Wildman–Crippen MR) is 75.7 cm³/mol. The molecule has 0 fully saturated rings. The second kappa shape index (κ2) is 4.42. The molecule has 1 aliphatic heterocycles. The van der Waals surface area contributed by atoms with Crippen molar-refractivity contribution in [1.29, 1.82) is 0 Å². The van der Waals surface area contributed by atoms with Crippen molar-refractivity contribution >= 4 is 33.1 Å². The molecule has 3 rings (SSSR count). The Morgan fingerprint density at radius 2 is 2.29 bits per heavy atom. The van der Waals surface area contributed by atoms with Crippen molar-refractivity contribution in [2.75, 3.05) is 11.4 Å². The minimum Gasteiger partial charge on any atom is -0.349 e. The minimum atomic E-state index is 0.429. The van der Waals surface area contributed by atoms with Gasteiger partial charge in [-0.05, 0) is 58.4 Å². The van der Waals surface area contributed by atoms with Gasteiger partial charge in [-0.3, -0.25) is 0 Å². The van der Waals surface area contributed by atoms with Crippen molar-refractivity contribution in [3.05, 3.63) is 44.7 Å². The number of rotatable bonds is 1. The Kier molecular flexibility index (Phi) is 2.92. The number of halogens is 1. The first-order valence-corrected chi connectivity index (χ1v) is 7.37. The van der Waals surface area contributed by atoms with E-state index in [0.717, 1.165) is 23.3 Å². The van der Waals surface area contributed by atoms with Gasteiger partial charge in [0.05, 0.1) is 6.04 Å². The molecule has 0 saturated carbocycles. The summed E-state index contributed by atoms with van der Waals surface area (Å²) in [4.78, 5) is 8.40. The van der Waals surface area contributed by atoms with Crippen molar-refractivity contribution in [1.82, 2.24) is 4.98 Å². The highest BCUT2D eigenvalue weighted by molar-refractivity contribution is 9.10. The molecule has 0 amide bonds. The molecule has 0 bridgehead atoms. The molecule has 2 aromatic rings. The van der Waals surface area contributed by atoms with Crippen LogP contribution < -0.4 is 4.90 Å². The van der Waals surface area contributed by atoms with Crippen molar-refractivity contribution in [2.24, 2.45) is 0 Å². The molecule has 1 aliphatic rings. The zero-order chi connectivity index (χ0) is 11.8. The third kappa shape index (κ3) is 2.00. The van der Waals surface area contributed by atoms with Crippen LogP contribution in [0.15, 0.2) is 34.2 Å². The monoisotopic (exact) mass is 308 g/mol. The highest BCUT2D eigenvalue weighted by atomic mass is 79.9. The highest BCUT2D eigenvalue weighted by Crippen LogP contribution is 2.35. The molecule has 0 spiro atoms. The number of hydrogen-bond donors (Lipinski definition) is 0. The maximum atomic E-state index is 4.49. The van der Waals surface area contributed by atoms with Crippen molar-refractivity contribution in [3.63, 3.8) is 0 Å². The van der Waals surface area contributed by atoms with Gasteiger partial charge in [-0.1, -0.05) is 0 Å². The first kappa shape index (κ1) is 11.2. The van der Waals surface area contributed by atoms with Gasteiger partial charge in [0.1, 0.15) is 5.82 Å². The predicted octanol–water partition coefficient (Wildman–Crippen LogP) is 4.03.